The van der Waals surface area contributed by atoms with Gasteiger partial charge < -0.3 is 4.74 Å². The smallest absolute Gasteiger partial charge is 0.197 e. The van der Waals surface area contributed by atoms with Crippen LogP contribution in [0.5, 0.6) is 5.06 Å². The number of hydrogen-bond acceptors (Lipinski definition) is 3. The zero-order valence-electron chi connectivity index (χ0n) is 10.00. The van der Waals surface area contributed by atoms with Gasteiger partial charge in [0.15, 0.2) is 5.06 Å². The highest BCUT2D eigenvalue weighted by Crippen LogP contribution is 2.33. The van der Waals surface area contributed by atoms with Crippen LogP contribution in [-0.4, -0.2) is 12.1 Å². The van der Waals surface area contributed by atoms with Crippen molar-refractivity contribution in [1.29, 1.82) is 0 Å². The van der Waals surface area contributed by atoms with Crippen LogP contribution in [0.1, 0.15) is 16.8 Å². The van der Waals surface area contributed by atoms with Gasteiger partial charge in [-0.15, -0.1) is 0 Å². The van der Waals surface area contributed by atoms with E-state index in [1.165, 1.54) is 16.7 Å². The van der Waals surface area contributed by atoms with E-state index < -0.39 is 0 Å². The summed E-state index contributed by atoms with van der Waals surface area (Å²) < 4.78 is 5.26. The summed E-state index contributed by atoms with van der Waals surface area (Å²) in [5.41, 5.74) is 4.73. The maximum atomic E-state index is 5.26. The molecule has 0 saturated heterocycles. The van der Waals surface area contributed by atoms with Gasteiger partial charge >= 0.3 is 0 Å². The van der Waals surface area contributed by atoms with Crippen molar-refractivity contribution in [1.82, 2.24) is 4.98 Å². The van der Waals surface area contributed by atoms with Crippen molar-refractivity contribution in [3.05, 3.63) is 35.0 Å². The number of ether oxygens (including phenoxy) is 1. The average Bonchev–Trinajstić information content (AvgIpc) is 2.64. The normalized spacial score (nSPS) is 10.5. The SMILES string of the molecule is COc1sc(-c2ccc(C)c(C)c2)nc1C. The predicted octanol–water partition coefficient (Wildman–Crippen LogP) is 3.74. The second-order valence-electron chi connectivity index (χ2n) is 3.90. The summed E-state index contributed by atoms with van der Waals surface area (Å²) in [7, 11) is 1.69. The molecule has 0 atom stereocenters. The maximum Gasteiger partial charge on any atom is 0.197 e. The van der Waals surface area contributed by atoms with Crippen molar-refractivity contribution in [2.45, 2.75) is 20.8 Å². The van der Waals surface area contributed by atoms with Crippen molar-refractivity contribution >= 4 is 11.3 Å². The first-order valence-electron chi connectivity index (χ1n) is 5.21. The second kappa shape index (κ2) is 4.26. The molecule has 0 aliphatic carbocycles. The molecule has 0 unspecified atom stereocenters. The molecule has 2 aromatic rings. The summed E-state index contributed by atoms with van der Waals surface area (Å²) in [6, 6.07) is 6.42. The first-order chi connectivity index (χ1) is 7.61. The molecule has 2 rings (SSSR count). The van der Waals surface area contributed by atoms with E-state index in [4.69, 9.17) is 4.74 Å². The number of thiazole rings is 1. The molecule has 0 bridgehead atoms. The van der Waals surface area contributed by atoms with Crippen molar-refractivity contribution < 1.29 is 4.74 Å². The lowest BCUT2D eigenvalue weighted by molar-refractivity contribution is 0.423. The standard InChI is InChI=1S/C13H15NOS/c1-8-5-6-11(7-9(8)2)12-14-10(3)13(15-4)16-12/h5-7H,1-4H3. The van der Waals surface area contributed by atoms with Crippen LogP contribution < -0.4 is 4.74 Å². The fourth-order valence-electron chi connectivity index (χ4n) is 1.57. The molecule has 0 fully saturated rings. The molecule has 0 N–H and O–H groups in total. The van der Waals surface area contributed by atoms with Gasteiger partial charge in [0.05, 0.1) is 12.8 Å². The van der Waals surface area contributed by atoms with Gasteiger partial charge in [-0.3, -0.25) is 0 Å². The van der Waals surface area contributed by atoms with E-state index in [0.29, 0.717) is 0 Å². The average molecular weight is 233 g/mol. The van der Waals surface area contributed by atoms with E-state index in [1.807, 2.05) is 6.92 Å². The van der Waals surface area contributed by atoms with Gasteiger partial charge in [0.1, 0.15) is 5.01 Å². The van der Waals surface area contributed by atoms with Crippen LogP contribution in [0.2, 0.25) is 0 Å². The van der Waals surface area contributed by atoms with E-state index in [0.717, 1.165) is 15.8 Å². The van der Waals surface area contributed by atoms with Crippen LogP contribution in [0.15, 0.2) is 18.2 Å². The molecular weight excluding hydrogens is 218 g/mol. The zero-order chi connectivity index (χ0) is 11.7. The highest BCUT2D eigenvalue weighted by Gasteiger charge is 2.09. The van der Waals surface area contributed by atoms with Crippen LogP contribution >= 0.6 is 11.3 Å². The van der Waals surface area contributed by atoms with E-state index >= 15 is 0 Å². The third-order valence-electron chi connectivity index (χ3n) is 2.69. The lowest BCUT2D eigenvalue weighted by Crippen LogP contribution is -1.83. The number of aryl methyl sites for hydroxylation is 3. The Morgan fingerprint density at radius 3 is 2.44 bits per heavy atom. The lowest BCUT2D eigenvalue weighted by atomic mass is 10.1. The minimum atomic E-state index is 0.897. The first kappa shape index (κ1) is 11.1. The Hall–Kier alpha value is -1.35. The van der Waals surface area contributed by atoms with E-state index in [2.05, 4.69) is 37.0 Å². The van der Waals surface area contributed by atoms with Gasteiger partial charge in [-0.05, 0) is 38.0 Å². The predicted molar refractivity (Wildman–Crippen MR) is 68.3 cm³/mol. The van der Waals surface area contributed by atoms with Gasteiger partial charge in [-0.1, -0.05) is 23.5 Å². The Morgan fingerprint density at radius 1 is 1.12 bits per heavy atom. The summed E-state index contributed by atoms with van der Waals surface area (Å²) in [5.74, 6) is 0. The Morgan fingerprint density at radius 2 is 1.88 bits per heavy atom. The first-order valence-corrected chi connectivity index (χ1v) is 6.02. The summed E-state index contributed by atoms with van der Waals surface area (Å²) in [6.07, 6.45) is 0. The number of hydrogen-bond donors (Lipinski definition) is 0. The number of nitrogens with zero attached hydrogens (tertiary/aromatic N) is 1. The fraction of sp³-hybridized carbons (Fsp3) is 0.308. The third-order valence-corrected chi connectivity index (χ3v) is 3.86. The van der Waals surface area contributed by atoms with Crippen LogP contribution in [-0.2, 0) is 0 Å². The van der Waals surface area contributed by atoms with E-state index in [9.17, 15) is 0 Å². The fourth-order valence-corrected chi connectivity index (χ4v) is 2.45. The molecule has 1 aromatic carbocycles. The van der Waals surface area contributed by atoms with E-state index in [1.54, 1.807) is 18.4 Å². The molecule has 3 heteroatoms. The molecule has 2 nitrogen and oxygen atoms in total. The monoisotopic (exact) mass is 233 g/mol. The number of methoxy groups -OCH3 is 1. The Balaban J connectivity index is 2.46. The molecule has 16 heavy (non-hydrogen) atoms. The largest absolute Gasteiger partial charge is 0.486 e. The highest BCUT2D eigenvalue weighted by molar-refractivity contribution is 7.17. The Labute approximate surface area is 99.9 Å². The molecule has 0 aliphatic heterocycles. The minimum Gasteiger partial charge on any atom is -0.486 e. The second-order valence-corrected chi connectivity index (χ2v) is 4.86. The maximum absolute atomic E-state index is 5.26. The van der Waals surface area contributed by atoms with Crippen LogP contribution in [0.4, 0.5) is 0 Å². The molecule has 0 radical (unpaired) electrons. The molecule has 0 aliphatic rings. The zero-order valence-corrected chi connectivity index (χ0v) is 10.8. The van der Waals surface area contributed by atoms with Crippen LogP contribution in [0, 0.1) is 20.8 Å². The molecule has 0 spiro atoms. The highest BCUT2D eigenvalue weighted by atomic mass is 32.1. The van der Waals surface area contributed by atoms with Crippen molar-refractivity contribution in [3.63, 3.8) is 0 Å². The topological polar surface area (TPSA) is 22.1 Å². The van der Waals surface area contributed by atoms with Crippen molar-refractivity contribution in [3.8, 4) is 15.6 Å². The van der Waals surface area contributed by atoms with Gasteiger partial charge in [0.25, 0.3) is 0 Å². The van der Waals surface area contributed by atoms with Gasteiger partial charge in [0, 0.05) is 5.56 Å². The molecule has 0 amide bonds. The quantitative estimate of drug-likeness (QED) is 0.788. The van der Waals surface area contributed by atoms with Crippen molar-refractivity contribution in [2.75, 3.05) is 7.11 Å². The Bertz CT molecular complexity index is 517. The lowest BCUT2D eigenvalue weighted by Gasteiger charge is -2.01. The van der Waals surface area contributed by atoms with Crippen molar-refractivity contribution in [2.24, 2.45) is 0 Å². The summed E-state index contributed by atoms with van der Waals surface area (Å²) >= 11 is 1.59. The third kappa shape index (κ3) is 1.95. The molecule has 0 saturated carbocycles. The Kier molecular flexibility index (Phi) is 2.97. The van der Waals surface area contributed by atoms with E-state index in [-0.39, 0.29) is 0 Å². The number of aromatic nitrogens is 1. The summed E-state index contributed by atoms with van der Waals surface area (Å²) in [5, 5.41) is 1.92. The molecule has 1 heterocycles. The minimum absolute atomic E-state index is 0.897. The van der Waals surface area contributed by atoms with Crippen LogP contribution in [0.3, 0.4) is 0 Å². The summed E-state index contributed by atoms with van der Waals surface area (Å²) in [6.45, 7) is 6.21. The van der Waals surface area contributed by atoms with Gasteiger partial charge in [-0.2, -0.15) is 0 Å². The van der Waals surface area contributed by atoms with Gasteiger partial charge in [-0.25, -0.2) is 4.98 Å². The number of rotatable bonds is 2. The molecular formula is C13H15NOS. The number of benzene rings is 1. The van der Waals surface area contributed by atoms with Gasteiger partial charge in [0.2, 0.25) is 0 Å². The molecule has 84 valence electrons. The summed E-state index contributed by atoms with van der Waals surface area (Å²) in [4.78, 5) is 4.52. The molecule has 1 aromatic heterocycles. The van der Waals surface area contributed by atoms with Crippen LogP contribution in [0.25, 0.3) is 10.6 Å².